The van der Waals surface area contributed by atoms with Crippen LogP contribution in [-0.4, -0.2) is 51.4 Å². The number of fused-ring (bicyclic) bond motifs is 2. The number of imidazole rings is 1. The van der Waals surface area contributed by atoms with E-state index in [0.29, 0.717) is 6.54 Å². The molecule has 2 heterocycles. The Morgan fingerprint density at radius 3 is 2.41 bits per heavy atom. The van der Waals surface area contributed by atoms with Crippen LogP contribution in [0.2, 0.25) is 0 Å². The first-order valence-corrected chi connectivity index (χ1v) is 14.2. The monoisotopic (exact) mass is 516 g/mol. The van der Waals surface area contributed by atoms with Crippen LogP contribution in [0.25, 0.3) is 21.5 Å². The van der Waals surface area contributed by atoms with E-state index in [1.165, 1.54) is 16.3 Å². The van der Waals surface area contributed by atoms with E-state index in [4.69, 9.17) is 0 Å². The fourth-order valence-electron chi connectivity index (χ4n) is 6.28. The highest BCUT2D eigenvalue weighted by Gasteiger charge is 2.35. The summed E-state index contributed by atoms with van der Waals surface area (Å²) in [4.78, 5) is 26.4. The van der Waals surface area contributed by atoms with Gasteiger partial charge >= 0.3 is 0 Å². The molecule has 1 fully saturated rings. The lowest BCUT2D eigenvalue weighted by molar-refractivity contribution is 0.0278. The van der Waals surface area contributed by atoms with Gasteiger partial charge in [-0.15, -0.1) is 0 Å². The van der Waals surface area contributed by atoms with Gasteiger partial charge in [0.1, 0.15) is 0 Å². The molecule has 0 bridgehead atoms. The number of amides is 1. The van der Waals surface area contributed by atoms with Crippen molar-refractivity contribution in [1.29, 1.82) is 0 Å². The Balaban J connectivity index is 1.31. The van der Waals surface area contributed by atoms with Gasteiger partial charge in [0.2, 0.25) is 0 Å². The number of piperazine rings is 1. The van der Waals surface area contributed by atoms with Crippen LogP contribution in [-0.2, 0) is 6.42 Å². The molecule has 1 unspecified atom stereocenters. The molecule has 4 aromatic carbocycles. The van der Waals surface area contributed by atoms with E-state index in [1.54, 1.807) is 6.33 Å². The second-order valence-corrected chi connectivity index (χ2v) is 10.7. The predicted octanol–water partition coefficient (Wildman–Crippen LogP) is 7.02. The van der Waals surface area contributed by atoms with Crippen molar-refractivity contribution in [2.24, 2.45) is 0 Å². The second-order valence-electron chi connectivity index (χ2n) is 10.7. The Morgan fingerprint density at radius 2 is 1.64 bits per heavy atom. The minimum absolute atomic E-state index is 0.139. The molecule has 6 rings (SSSR count). The summed E-state index contributed by atoms with van der Waals surface area (Å²) in [7, 11) is 0. The van der Waals surface area contributed by atoms with Gasteiger partial charge in [0.25, 0.3) is 5.91 Å². The van der Waals surface area contributed by atoms with E-state index in [1.807, 2.05) is 30.5 Å². The van der Waals surface area contributed by atoms with Gasteiger partial charge in [-0.05, 0) is 46.0 Å². The summed E-state index contributed by atoms with van der Waals surface area (Å²) in [5.74, 6) is 0.139. The summed E-state index contributed by atoms with van der Waals surface area (Å²) >= 11 is 0. The lowest BCUT2D eigenvalue weighted by atomic mass is 9.93. The summed E-state index contributed by atoms with van der Waals surface area (Å²) in [5, 5.41) is 4.72. The minimum atomic E-state index is 0.139. The normalized spacial score (nSPS) is 17.1. The summed E-state index contributed by atoms with van der Waals surface area (Å²) in [5.41, 5.74) is 3.28. The number of aromatic amines is 1. The third-order valence-corrected chi connectivity index (χ3v) is 8.30. The van der Waals surface area contributed by atoms with Crippen LogP contribution in [0.1, 0.15) is 53.8 Å². The number of rotatable bonds is 8. The van der Waals surface area contributed by atoms with Crippen LogP contribution < -0.4 is 0 Å². The molecule has 1 aliphatic heterocycles. The number of carbonyl (C=O) groups is 1. The van der Waals surface area contributed by atoms with E-state index >= 15 is 0 Å². The second kappa shape index (κ2) is 11.4. The number of nitrogens with one attached hydrogen (secondary N) is 1. The third kappa shape index (κ3) is 5.19. The van der Waals surface area contributed by atoms with E-state index in [0.717, 1.165) is 60.8 Å². The van der Waals surface area contributed by atoms with Crippen LogP contribution in [0.3, 0.4) is 0 Å². The van der Waals surface area contributed by atoms with Gasteiger partial charge in [-0.3, -0.25) is 9.69 Å². The number of H-pyrrole nitrogens is 1. The van der Waals surface area contributed by atoms with Gasteiger partial charge in [-0.2, -0.15) is 0 Å². The molecule has 198 valence electrons. The maximum absolute atomic E-state index is 13.9. The Kier molecular flexibility index (Phi) is 7.42. The fourth-order valence-corrected chi connectivity index (χ4v) is 6.28. The van der Waals surface area contributed by atoms with Crippen LogP contribution in [0, 0.1) is 0 Å². The van der Waals surface area contributed by atoms with E-state index in [9.17, 15) is 4.79 Å². The SMILES string of the molecule is CCCC[C@H]1CN(C(=O)c2cccc3ccccc23)CCN1C(Cc1cccc2ccccc12)c1cnc[nH]1. The molecule has 1 aromatic heterocycles. The van der Waals surface area contributed by atoms with Crippen molar-refractivity contribution in [2.75, 3.05) is 19.6 Å². The fraction of sp³-hybridized carbons (Fsp3) is 0.294. The zero-order valence-corrected chi connectivity index (χ0v) is 22.6. The quantitative estimate of drug-likeness (QED) is 0.241. The molecular weight excluding hydrogens is 480 g/mol. The Hall–Kier alpha value is -3.96. The average Bonchev–Trinajstić information content (AvgIpc) is 3.53. The average molecular weight is 517 g/mol. The topological polar surface area (TPSA) is 52.2 Å². The molecule has 1 amide bonds. The molecule has 5 heteroatoms. The largest absolute Gasteiger partial charge is 0.347 e. The standard InChI is InChI=1S/C34H36N4O/c1-2-3-15-28-23-37(34(39)31-18-9-13-26-11-5-7-17-30(26)31)19-20-38(28)33(32-22-35-24-36-32)21-27-14-8-12-25-10-4-6-16-29(25)27/h4-14,16-18,22,24,28,33H,2-3,15,19-21,23H2,1H3,(H,35,36)/t28-,33?/m0/s1. The molecule has 0 saturated carbocycles. The van der Waals surface area contributed by atoms with Crippen molar-refractivity contribution in [2.45, 2.75) is 44.7 Å². The summed E-state index contributed by atoms with van der Waals surface area (Å²) in [6, 6.07) is 29.9. The van der Waals surface area contributed by atoms with E-state index in [2.05, 4.69) is 87.4 Å². The van der Waals surface area contributed by atoms with Gasteiger partial charge in [0.05, 0.1) is 18.1 Å². The predicted molar refractivity (Wildman–Crippen MR) is 159 cm³/mol. The molecule has 5 nitrogen and oxygen atoms in total. The Morgan fingerprint density at radius 1 is 0.923 bits per heavy atom. The minimum Gasteiger partial charge on any atom is -0.347 e. The molecule has 0 aliphatic carbocycles. The Bertz CT molecular complexity index is 1550. The van der Waals surface area contributed by atoms with Crippen LogP contribution in [0.4, 0.5) is 0 Å². The molecule has 1 saturated heterocycles. The molecule has 0 radical (unpaired) electrons. The lowest BCUT2D eigenvalue weighted by Gasteiger charge is -2.45. The highest BCUT2D eigenvalue weighted by Crippen LogP contribution is 2.33. The van der Waals surface area contributed by atoms with Gasteiger partial charge in [0.15, 0.2) is 0 Å². The van der Waals surface area contributed by atoms with Gasteiger partial charge < -0.3 is 9.88 Å². The number of carbonyl (C=O) groups excluding carboxylic acids is 1. The van der Waals surface area contributed by atoms with Crippen molar-refractivity contribution in [3.8, 4) is 0 Å². The number of benzene rings is 4. The van der Waals surface area contributed by atoms with Crippen molar-refractivity contribution in [3.05, 3.63) is 114 Å². The van der Waals surface area contributed by atoms with Crippen LogP contribution >= 0.6 is 0 Å². The number of unbranched alkanes of at least 4 members (excludes halogenated alkanes) is 1. The summed E-state index contributed by atoms with van der Waals surface area (Å²) in [6.45, 7) is 4.53. The number of hydrogen-bond donors (Lipinski definition) is 1. The van der Waals surface area contributed by atoms with Crippen LogP contribution in [0.15, 0.2) is 97.5 Å². The molecular formula is C34H36N4O. The van der Waals surface area contributed by atoms with Crippen molar-refractivity contribution < 1.29 is 4.79 Å². The lowest BCUT2D eigenvalue weighted by Crippen LogP contribution is -2.56. The van der Waals surface area contributed by atoms with Crippen molar-refractivity contribution in [1.82, 2.24) is 19.8 Å². The maximum atomic E-state index is 13.9. The number of nitrogens with zero attached hydrogens (tertiary/aromatic N) is 3. The number of aromatic nitrogens is 2. The summed E-state index contributed by atoms with van der Waals surface area (Å²) < 4.78 is 0. The molecule has 1 N–H and O–H groups in total. The highest BCUT2D eigenvalue weighted by molar-refractivity contribution is 6.07. The van der Waals surface area contributed by atoms with Crippen molar-refractivity contribution >= 4 is 27.5 Å². The van der Waals surface area contributed by atoms with Gasteiger partial charge in [0, 0.05) is 37.4 Å². The molecule has 39 heavy (non-hydrogen) atoms. The first-order chi connectivity index (χ1) is 19.2. The van der Waals surface area contributed by atoms with Gasteiger partial charge in [-0.25, -0.2) is 4.98 Å². The van der Waals surface area contributed by atoms with E-state index < -0.39 is 0 Å². The maximum Gasteiger partial charge on any atom is 0.254 e. The smallest absolute Gasteiger partial charge is 0.254 e. The zero-order chi connectivity index (χ0) is 26.6. The molecule has 5 aromatic rings. The van der Waals surface area contributed by atoms with E-state index in [-0.39, 0.29) is 18.0 Å². The first-order valence-electron chi connectivity index (χ1n) is 14.2. The Labute approximate surface area is 230 Å². The highest BCUT2D eigenvalue weighted by atomic mass is 16.2. The first kappa shape index (κ1) is 25.3. The molecule has 0 spiro atoms. The van der Waals surface area contributed by atoms with Crippen LogP contribution in [0.5, 0.6) is 0 Å². The van der Waals surface area contributed by atoms with Crippen molar-refractivity contribution in [3.63, 3.8) is 0 Å². The number of hydrogen-bond acceptors (Lipinski definition) is 3. The third-order valence-electron chi connectivity index (χ3n) is 8.30. The summed E-state index contributed by atoms with van der Waals surface area (Å²) in [6.07, 6.45) is 7.99. The zero-order valence-electron chi connectivity index (χ0n) is 22.6. The van der Waals surface area contributed by atoms with Gasteiger partial charge in [-0.1, -0.05) is 98.6 Å². The molecule has 1 aliphatic rings. The molecule has 2 atom stereocenters.